The molecule has 0 aliphatic carbocycles. The number of nitrogens with one attached hydrogen (secondary N) is 2. The van der Waals surface area contributed by atoms with Crippen molar-refractivity contribution in [2.75, 3.05) is 19.0 Å². The average Bonchev–Trinajstić information content (AvgIpc) is 3.15. The van der Waals surface area contributed by atoms with Crippen molar-refractivity contribution in [3.63, 3.8) is 0 Å². The molecule has 9 heteroatoms. The molecule has 2 heterocycles. The lowest BCUT2D eigenvalue weighted by Gasteiger charge is -2.23. The second kappa shape index (κ2) is 10.7. The molecule has 1 fully saturated rings. The molecule has 1 amide bonds. The number of carbonyl (C=O) groups is 2. The van der Waals surface area contributed by atoms with E-state index in [1.165, 1.54) is 7.11 Å². The van der Waals surface area contributed by atoms with Crippen LogP contribution in [0.1, 0.15) is 40.9 Å². The highest BCUT2D eigenvalue weighted by Crippen LogP contribution is 2.23. The molecule has 1 saturated heterocycles. The van der Waals surface area contributed by atoms with Gasteiger partial charge in [-0.2, -0.15) is 5.26 Å². The zero-order valence-electron chi connectivity index (χ0n) is 19.7. The minimum atomic E-state index is -0.635. The van der Waals surface area contributed by atoms with E-state index >= 15 is 0 Å². The summed E-state index contributed by atoms with van der Waals surface area (Å²) in [7, 11) is 1.34. The molecule has 1 aliphatic rings. The Kier molecular flexibility index (Phi) is 7.31. The second-order valence-corrected chi connectivity index (χ2v) is 8.41. The maximum Gasteiger partial charge on any atom is 0.337 e. The van der Waals surface area contributed by atoms with Gasteiger partial charge >= 0.3 is 5.97 Å². The molecule has 0 bridgehead atoms. The molecule has 0 spiro atoms. The smallest absolute Gasteiger partial charge is 0.337 e. The molecule has 35 heavy (non-hydrogen) atoms. The third kappa shape index (κ3) is 5.79. The molecule has 9 nitrogen and oxygen atoms in total. The maximum atomic E-state index is 13.4. The zero-order valence-corrected chi connectivity index (χ0v) is 19.7. The fourth-order valence-electron chi connectivity index (χ4n) is 4.19. The minimum Gasteiger partial charge on any atom is -0.465 e. The van der Waals surface area contributed by atoms with E-state index in [4.69, 9.17) is 9.15 Å². The Morgan fingerprint density at radius 2 is 2.11 bits per heavy atom. The van der Waals surface area contributed by atoms with Gasteiger partial charge in [-0.3, -0.25) is 10.1 Å². The van der Waals surface area contributed by atoms with E-state index in [9.17, 15) is 14.9 Å². The van der Waals surface area contributed by atoms with Crippen molar-refractivity contribution in [2.45, 2.75) is 38.8 Å². The summed E-state index contributed by atoms with van der Waals surface area (Å²) in [5.41, 5.74) is 2.77. The number of aliphatic imine (C=N–C) groups is 1. The van der Waals surface area contributed by atoms with Gasteiger partial charge in [0.1, 0.15) is 17.4 Å². The maximum absolute atomic E-state index is 13.4. The van der Waals surface area contributed by atoms with Crippen molar-refractivity contribution in [2.24, 2.45) is 4.99 Å². The Bertz CT molecular complexity index is 1310. The number of likely N-dealkylation sites (tertiary alicyclic amines) is 1. The molecule has 3 aromatic rings. The van der Waals surface area contributed by atoms with Gasteiger partial charge in [-0.1, -0.05) is 12.1 Å². The van der Waals surface area contributed by atoms with Crippen LogP contribution < -0.4 is 10.6 Å². The Labute approximate surface area is 203 Å². The molecule has 180 valence electrons. The van der Waals surface area contributed by atoms with Gasteiger partial charge in [0.2, 0.25) is 11.9 Å². The zero-order chi connectivity index (χ0) is 24.8. The van der Waals surface area contributed by atoms with Crippen molar-refractivity contribution in [3.8, 4) is 6.19 Å². The Balaban J connectivity index is 1.53. The molecule has 0 radical (unpaired) electrons. The first-order valence-electron chi connectivity index (χ1n) is 11.4. The first-order valence-corrected chi connectivity index (χ1v) is 11.4. The first-order chi connectivity index (χ1) is 17.0. The topological polar surface area (TPSA) is 120 Å². The lowest BCUT2D eigenvalue weighted by Crippen LogP contribution is -2.38. The number of benzene rings is 2. The van der Waals surface area contributed by atoms with Crippen LogP contribution in [0.25, 0.3) is 11.0 Å². The summed E-state index contributed by atoms with van der Waals surface area (Å²) in [6, 6.07) is 13.9. The Morgan fingerprint density at radius 1 is 1.26 bits per heavy atom. The first kappa shape index (κ1) is 23.8. The van der Waals surface area contributed by atoms with E-state index in [1.807, 2.05) is 43.4 Å². The fourth-order valence-corrected chi connectivity index (χ4v) is 4.19. The van der Waals surface area contributed by atoms with Crippen LogP contribution in [0.4, 0.5) is 5.69 Å². The molecular formula is C26H27N5O4. The summed E-state index contributed by atoms with van der Waals surface area (Å²) in [5, 5.41) is 15.8. The SMILES string of the molecule is COC(=O)c1cccc(CN2CCCCC(N=C(NC#N)Nc3ccc4oc(C)cc4c3)C2=O)c1. The summed E-state index contributed by atoms with van der Waals surface area (Å²) >= 11 is 0. The number of ether oxygens (including phenoxy) is 1. The number of nitrogens with zero attached hydrogens (tertiary/aromatic N) is 3. The highest BCUT2D eigenvalue weighted by molar-refractivity contribution is 5.98. The molecule has 0 saturated carbocycles. The number of rotatable bonds is 5. The Hall–Kier alpha value is -4.32. The number of aryl methyl sites for hydroxylation is 1. The number of fused-ring (bicyclic) bond motifs is 1. The van der Waals surface area contributed by atoms with Crippen LogP contribution in [0.2, 0.25) is 0 Å². The average molecular weight is 474 g/mol. The number of amides is 1. The summed E-state index contributed by atoms with van der Waals surface area (Å²) < 4.78 is 10.4. The molecule has 1 aliphatic heterocycles. The van der Waals surface area contributed by atoms with Gasteiger partial charge in [0.25, 0.3) is 0 Å². The van der Waals surface area contributed by atoms with Gasteiger partial charge in [-0.05, 0) is 68.1 Å². The van der Waals surface area contributed by atoms with E-state index in [0.717, 1.165) is 40.8 Å². The van der Waals surface area contributed by atoms with Crippen molar-refractivity contribution in [3.05, 3.63) is 65.4 Å². The highest BCUT2D eigenvalue weighted by Gasteiger charge is 2.27. The van der Waals surface area contributed by atoms with Gasteiger partial charge in [-0.15, -0.1) is 0 Å². The molecule has 1 atom stereocenters. The van der Waals surface area contributed by atoms with Crippen molar-refractivity contribution >= 4 is 34.5 Å². The van der Waals surface area contributed by atoms with Crippen molar-refractivity contribution in [1.29, 1.82) is 5.26 Å². The predicted molar refractivity (Wildman–Crippen MR) is 132 cm³/mol. The van der Waals surface area contributed by atoms with Gasteiger partial charge in [0.15, 0.2) is 6.19 Å². The molecule has 1 aromatic heterocycles. The third-order valence-corrected chi connectivity index (χ3v) is 5.84. The molecule has 1 unspecified atom stereocenters. The van der Waals surface area contributed by atoms with Gasteiger partial charge in [-0.25, -0.2) is 9.79 Å². The number of hydrogen-bond acceptors (Lipinski definition) is 6. The summed E-state index contributed by atoms with van der Waals surface area (Å²) in [4.78, 5) is 31.6. The quantitative estimate of drug-likeness (QED) is 0.189. The standard InChI is InChI=1S/C26H27N5O4/c1-17-12-20-14-21(9-10-23(20)35-17)29-26(28-16-27)30-22-8-3-4-11-31(24(22)32)15-18-6-5-7-19(13-18)25(33)34-2/h5-7,9-10,12-14,22H,3-4,8,11,15H2,1-2H3,(H2,28,29,30). The van der Waals surface area contributed by atoms with Crippen molar-refractivity contribution < 1.29 is 18.7 Å². The number of methoxy groups -OCH3 is 1. The van der Waals surface area contributed by atoms with Crippen LogP contribution >= 0.6 is 0 Å². The van der Waals surface area contributed by atoms with E-state index in [2.05, 4.69) is 15.6 Å². The van der Waals surface area contributed by atoms with E-state index in [1.54, 1.807) is 23.1 Å². The molecule has 4 rings (SSSR count). The summed E-state index contributed by atoms with van der Waals surface area (Å²) in [6.45, 7) is 2.84. The van der Waals surface area contributed by atoms with Crippen LogP contribution in [-0.2, 0) is 16.1 Å². The predicted octanol–water partition coefficient (Wildman–Crippen LogP) is 3.95. The molecule has 2 N–H and O–H groups in total. The van der Waals surface area contributed by atoms with E-state index < -0.39 is 12.0 Å². The summed E-state index contributed by atoms with van der Waals surface area (Å²) in [6.07, 6.45) is 4.15. The van der Waals surface area contributed by atoms with E-state index in [-0.39, 0.29) is 11.9 Å². The van der Waals surface area contributed by atoms with Gasteiger partial charge in [0, 0.05) is 24.2 Å². The number of hydrogen-bond donors (Lipinski definition) is 2. The van der Waals surface area contributed by atoms with Gasteiger partial charge < -0.3 is 19.4 Å². The van der Waals surface area contributed by atoms with Crippen LogP contribution in [0.15, 0.2) is 57.9 Å². The highest BCUT2D eigenvalue weighted by atomic mass is 16.5. The third-order valence-electron chi connectivity index (χ3n) is 5.84. The number of esters is 1. The molecular weight excluding hydrogens is 446 g/mol. The normalized spacial score (nSPS) is 16.5. The van der Waals surface area contributed by atoms with Gasteiger partial charge in [0.05, 0.1) is 12.7 Å². The fraction of sp³-hybridized carbons (Fsp3) is 0.308. The second-order valence-electron chi connectivity index (χ2n) is 8.41. The number of guanidine groups is 1. The van der Waals surface area contributed by atoms with Crippen LogP contribution in [-0.4, -0.2) is 42.4 Å². The number of anilines is 1. The molecule has 2 aromatic carbocycles. The van der Waals surface area contributed by atoms with Crippen molar-refractivity contribution in [1.82, 2.24) is 10.2 Å². The largest absolute Gasteiger partial charge is 0.465 e. The minimum absolute atomic E-state index is 0.120. The van der Waals surface area contributed by atoms with Crippen LogP contribution in [0, 0.1) is 18.4 Å². The number of carbonyl (C=O) groups excluding carboxylic acids is 2. The number of furan rings is 1. The lowest BCUT2D eigenvalue weighted by molar-refractivity contribution is -0.132. The lowest BCUT2D eigenvalue weighted by atomic mass is 10.1. The monoisotopic (exact) mass is 473 g/mol. The summed E-state index contributed by atoms with van der Waals surface area (Å²) in [5.74, 6) is 0.479. The van der Waals surface area contributed by atoms with Crippen LogP contribution in [0.3, 0.4) is 0 Å². The number of nitriles is 1. The van der Waals surface area contributed by atoms with E-state index in [0.29, 0.717) is 25.1 Å². The van der Waals surface area contributed by atoms with Crippen LogP contribution in [0.5, 0.6) is 0 Å². The Morgan fingerprint density at radius 3 is 2.91 bits per heavy atom.